The van der Waals surface area contributed by atoms with E-state index in [1.54, 1.807) is 29.8 Å². The molecule has 0 bridgehead atoms. The summed E-state index contributed by atoms with van der Waals surface area (Å²) >= 11 is 2.75. The van der Waals surface area contributed by atoms with Crippen LogP contribution in [-0.2, 0) is 4.79 Å². The normalized spacial score (nSPS) is 10.9. The molecule has 156 valence electrons. The Bertz CT molecular complexity index is 1440. The molecule has 2 heterocycles. The maximum Gasteiger partial charge on any atom is 0.299 e. The molecule has 3 aromatic carbocycles. The number of hydrogen-bond acceptors (Lipinski definition) is 7. The number of benzene rings is 3. The first-order valence-electron chi connectivity index (χ1n) is 9.65. The summed E-state index contributed by atoms with van der Waals surface area (Å²) < 4.78 is 5.79. The molecule has 5 rings (SSSR count). The lowest BCUT2D eigenvalue weighted by Gasteiger charge is -2.07. The largest absolute Gasteiger partial charge is 0.508 e. The minimum Gasteiger partial charge on any atom is -0.508 e. The van der Waals surface area contributed by atoms with Gasteiger partial charge in [-0.05, 0) is 29.3 Å². The highest BCUT2D eigenvalue weighted by atomic mass is 32.1. The molecule has 0 saturated carbocycles. The number of fused-ring (bicyclic) bond motifs is 1. The fourth-order valence-electron chi connectivity index (χ4n) is 3.60. The number of ketones is 1. The van der Waals surface area contributed by atoms with Gasteiger partial charge in [-0.25, -0.2) is 4.98 Å². The first-order chi connectivity index (χ1) is 15.7. The summed E-state index contributed by atoms with van der Waals surface area (Å²) in [4.78, 5) is 29.5. The molecule has 0 unspecified atom stereocenters. The predicted octanol–water partition coefficient (Wildman–Crippen LogP) is 6.16. The Morgan fingerprint density at radius 1 is 0.969 bits per heavy atom. The molecule has 0 aliphatic rings. The zero-order valence-corrected chi connectivity index (χ0v) is 18.2. The maximum atomic E-state index is 13.4. The van der Waals surface area contributed by atoms with Gasteiger partial charge in [0.2, 0.25) is 11.7 Å². The molecule has 0 aliphatic heterocycles. The lowest BCUT2D eigenvalue weighted by molar-refractivity contribution is -0.120. The lowest BCUT2D eigenvalue weighted by atomic mass is 9.97. The van der Waals surface area contributed by atoms with Gasteiger partial charge in [0.15, 0.2) is 0 Å². The van der Waals surface area contributed by atoms with Crippen LogP contribution in [0.1, 0.15) is 15.2 Å². The van der Waals surface area contributed by atoms with Crippen molar-refractivity contribution in [1.29, 1.82) is 0 Å². The molecule has 2 aromatic heterocycles. The van der Waals surface area contributed by atoms with E-state index >= 15 is 0 Å². The van der Waals surface area contributed by atoms with E-state index in [9.17, 15) is 14.7 Å². The summed E-state index contributed by atoms with van der Waals surface area (Å²) in [5, 5.41) is 10.9. The van der Waals surface area contributed by atoms with Crippen molar-refractivity contribution in [2.24, 2.45) is 0 Å². The Kier molecular flexibility index (Phi) is 5.26. The van der Waals surface area contributed by atoms with Crippen LogP contribution in [0.25, 0.3) is 31.7 Å². The van der Waals surface area contributed by atoms with E-state index in [-0.39, 0.29) is 17.4 Å². The van der Waals surface area contributed by atoms with Crippen molar-refractivity contribution < 1.29 is 19.4 Å². The molecule has 0 aliphatic carbocycles. The first kappa shape index (κ1) is 20.1. The number of hydrogen-bond donors (Lipinski definition) is 1. The SMILES string of the molecule is O=COc1ncsc1-c1ccc(-c2c(C(=O)c3ccccc3)sc3cc(O)ccc23)cc1. The molecular formula is C25H15NO4S2. The minimum absolute atomic E-state index is 0.0607. The molecule has 0 radical (unpaired) electrons. The Balaban J connectivity index is 1.64. The van der Waals surface area contributed by atoms with Gasteiger partial charge in [0.05, 0.1) is 15.3 Å². The van der Waals surface area contributed by atoms with Crippen LogP contribution in [0, 0.1) is 0 Å². The molecule has 5 aromatic rings. The summed E-state index contributed by atoms with van der Waals surface area (Å²) in [6.07, 6.45) is 0. The Labute approximate surface area is 191 Å². The number of rotatable bonds is 6. The third kappa shape index (κ3) is 3.57. The molecule has 0 atom stereocenters. The van der Waals surface area contributed by atoms with Crippen molar-refractivity contribution in [2.45, 2.75) is 0 Å². The number of carbonyl (C=O) groups excluding carboxylic acids is 2. The topological polar surface area (TPSA) is 76.5 Å². The van der Waals surface area contributed by atoms with Crippen LogP contribution in [0.5, 0.6) is 11.6 Å². The summed E-state index contributed by atoms with van der Waals surface area (Å²) in [5.41, 5.74) is 4.81. The van der Waals surface area contributed by atoms with Crippen LogP contribution >= 0.6 is 22.7 Å². The van der Waals surface area contributed by atoms with Gasteiger partial charge in [-0.3, -0.25) is 9.59 Å². The zero-order valence-electron chi connectivity index (χ0n) is 16.5. The molecule has 0 fully saturated rings. The molecular weight excluding hydrogens is 442 g/mol. The quantitative estimate of drug-likeness (QED) is 0.244. The summed E-state index contributed by atoms with van der Waals surface area (Å²) in [6.45, 7) is 0.362. The van der Waals surface area contributed by atoms with Gasteiger partial charge in [-0.2, -0.15) is 0 Å². The van der Waals surface area contributed by atoms with E-state index in [2.05, 4.69) is 4.98 Å². The fourth-order valence-corrected chi connectivity index (χ4v) is 5.55. The highest BCUT2D eigenvalue weighted by Gasteiger charge is 2.21. The second-order valence-corrected chi connectivity index (χ2v) is 8.87. The van der Waals surface area contributed by atoms with Gasteiger partial charge >= 0.3 is 0 Å². The van der Waals surface area contributed by atoms with Gasteiger partial charge in [0.25, 0.3) is 6.47 Å². The molecule has 32 heavy (non-hydrogen) atoms. The average Bonchev–Trinajstić information content (AvgIpc) is 3.44. The van der Waals surface area contributed by atoms with Crippen LogP contribution < -0.4 is 4.74 Å². The van der Waals surface area contributed by atoms with E-state index in [4.69, 9.17) is 4.74 Å². The first-order valence-corrected chi connectivity index (χ1v) is 11.3. The number of phenols is 1. The van der Waals surface area contributed by atoms with Crippen LogP contribution in [0.15, 0.2) is 78.3 Å². The smallest absolute Gasteiger partial charge is 0.299 e. The van der Waals surface area contributed by atoms with E-state index in [1.165, 1.54) is 22.7 Å². The third-order valence-corrected chi connectivity index (χ3v) is 7.05. The molecule has 0 amide bonds. The number of carbonyl (C=O) groups is 2. The maximum absolute atomic E-state index is 13.4. The van der Waals surface area contributed by atoms with E-state index in [0.717, 1.165) is 31.7 Å². The van der Waals surface area contributed by atoms with Crippen molar-refractivity contribution in [3.63, 3.8) is 0 Å². The number of ether oxygens (including phenoxy) is 1. The van der Waals surface area contributed by atoms with Gasteiger partial charge in [-0.15, -0.1) is 22.7 Å². The number of aromatic hydroxyl groups is 1. The van der Waals surface area contributed by atoms with E-state index < -0.39 is 0 Å². The Morgan fingerprint density at radius 3 is 2.47 bits per heavy atom. The summed E-state index contributed by atoms with van der Waals surface area (Å²) in [5.74, 6) is 0.371. The second-order valence-electron chi connectivity index (χ2n) is 6.96. The van der Waals surface area contributed by atoms with Gasteiger partial charge in [0.1, 0.15) is 5.75 Å². The number of nitrogens with zero attached hydrogens (tertiary/aromatic N) is 1. The Hall–Kier alpha value is -3.81. The number of phenolic OH excluding ortho intramolecular Hbond substituents is 1. The minimum atomic E-state index is -0.0607. The van der Waals surface area contributed by atoms with E-state index in [1.807, 2.05) is 48.5 Å². The van der Waals surface area contributed by atoms with Crippen molar-refractivity contribution in [3.05, 3.63) is 88.7 Å². The number of aromatic nitrogens is 1. The fraction of sp³-hybridized carbons (Fsp3) is 0. The highest BCUT2D eigenvalue weighted by molar-refractivity contribution is 7.21. The van der Waals surface area contributed by atoms with Gasteiger partial charge in [0, 0.05) is 21.2 Å². The molecule has 0 saturated heterocycles. The third-order valence-electron chi connectivity index (χ3n) is 5.05. The predicted molar refractivity (Wildman–Crippen MR) is 127 cm³/mol. The zero-order chi connectivity index (χ0) is 22.1. The molecule has 7 heteroatoms. The van der Waals surface area contributed by atoms with Crippen molar-refractivity contribution in [2.75, 3.05) is 0 Å². The number of thiophene rings is 1. The standard InChI is InChI=1S/C25H15NO4S2/c27-14-30-25-23(31-13-26-25)17-8-6-15(7-9-17)21-19-11-10-18(28)12-20(19)32-24(21)22(29)16-4-2-1-3-5-16/h1-14,28H. The van der Waals surface area contributed by atoms with Crippen LogP contribution in [0.3, 0.4) is 0 Å². The van der Waals surface area contributed by atoms with Gasteiger partial charge < -0.3 is 9.84 Å². The molecule has 1 N–H and O–H groups in total. The van der Waals surface area contributed by atoms with Crippen LogP contribution in [0.2, 0.25) is 0 Å². The van der Waals surface area contributed by atoms with Crippen LogP contribution in [0.4, 0.5) is 0 Å². The van der Waals surface area contributed by atoms with Crippen molar-refractivity contribution in [3.8, 4) is 33.2 Å². The molecule has 0 spiro atoms. The van der Waals surface area contributed by atoms with Crippen molar-refractivity contribution in [1.82, 2.24) is 4.98 Å². The van der Waals surface area contributed by atoms with Crippen molar-refractivity contribution >= 4 is 45.0 Å². The molecule has 5 nitrogen and oxygen atoms in total. The highest BCUT2D eigenvalue weighted by Crippen LogP contribution is 2.42. The average molecular weight is 458 g/mol. The summed E-state index contributed by atoms with van der Waals surface area (Å²) in [6, 6.07) is 22.0. The van der Waals surface area contributed by atoms with Gasteiger partial charge in [-0.1, -0.05) is 54.6 Å². The number of thiazole rings is 1. The second kappa shape index (κ2) is 8.37. The lowest BCUT2D eigenvalue weighted by Crippen LogP contribution is -2.00. The van der Waals surface area contributed by atoms with Crippen LogP contribution in [-0.4, -0.2) is 22.3 Å². The Morgan fingerprint density at radius 2 is 1.72 bits per heavy atom. The van der Waals surface area contributed by atoms with E-state index in [0.29, 0.717) is 16.9 Å². The summed E-state index contributed by atoms with van der Waals surface area (Å²) in [7, 11) is 0. The monoisotopic (exact) mass is 457 g/mol.